The van der Waals surface area contributed by atoms with E-state index in [4.69, 9.17) is 41.1 Å². The van der Waals surface area contributed by atoms with Crippen molar-refractivity contribution in [3.8, 4) is 0 Å². The smallest absolute Gasteiger partial charge is 0.311 e. The van der Waals surface area contributed by atoms with Gasteiger partial charge >= 0.3 is 5.97 Å². The molecule has 16 atom stereocenters. The van der Waals surface area contributed by atoms with Gasteiger partial charge in [0.05, 0.1) is 66.9 Å². The summed E-state index contributed by atoms with van der Waals surface area (Å²) in [6.45, 7) is 11.1. The van der Waals surface area contributed by atoms with Crippen molar-refractivity contribution in [1.82, 2.24) is 60.3 Å². The first-order valence-corrected chi connectivity index (χ1v) is 45.4. The molecule has 0 aromatic carbocycles. The molecule has 62 heteroatoms. The van der Waals surface area contributed by atoms with Crippen LogP contribution in [-0.4, -0.2) is 258 Å². The number of nitrogens with two attached hydrogens (primary N) is 2. The summed E-state index contributed by atoms with van der Waals surface area (Å²) >= 11 is 1.63. The lowest BCUT2D eigenvalue weighted by atomic mass is 9.87. The number of nitrogens with zero attached hydrogens (tertiary/aromatic N) is 8. The van der Waals surface area contributed by atoms with Crippen molar-refractivity contribution in [2.75, 3.05) is 82.2 Å². The number of allylic oxidation sites excluding steroid dienone is 2. The fourth-order valence-electron chi connectivity index (χ4n) is 9.21. The molecule has 16 unspecified atom stereocenters. The molecule has 2 aliphatic heterocycles. The number of aldehydes is 1. The first-order valence-electron chi connectivity index (χ1n) is 34.7. The number of aromatic nitrogens is 8. The molecule has 6 rings (SSSR count). The second-order valence-corrected chi connectivity index (χ2v) is 36.5. The number of fused-ring (bicyclic) bond motifs is 2. The molecule has 4 aromatic heterocycles. The Bertz CT molecular complexity index is 4380. The van der Waals surface area contributed by atoms with Crippen molar-refractivity contribution >= 4 is 151 Å². The summed E-state index contributed by atoms with van der Waals surface area (Å²) in [5.41, 5.74) is 8.03. The largest absolute Gasteiger partial charge is 0.790 e. The lowest BCUT2D eigenvalue weighted by Gasteiger charge is -2.36. The van der Waals surface area contributed by atoms with Gasteiger partial charge < -0.3 is 163 Å². The maximum atomic E-state index is 12.5. The molecule has 2 saturated heterocycles. The number of amides is 4. The number of phosphoric ester groups is 6. The highest BCUT2D eigenvalue weighted by atomic mass is 32.2. The standard InChI is InChI=1S/C25H42N7O18P3S.C24H38N7O19P3S.C4H10O2.C4H6.C2H4O/c1-13(33)8-16(35)54-7-6-27-15(34)4-5-28-23(38)20(37)25(2,3)10-47-53(44,45)50-52(42,43)46-9-14-19(49-51(39,40)41)18(36)24(48-14)32-12-31-17-21(26)29-11-30-22(17)32;1-24(2,19(37)22(38)27-4-3-13(32)26-5-6-54-15(35)7-14(33)34)9-47-53(44,45)50-52(42,43)46-8-12-18(49-51(39,40)41)17(36)23(48-12)31-11-30-16-20(25)28-10-29-21(16)31;1-4(6)2-3-5;1-3-4-2;1-2-3/h11-14,18-20,24,33,36-37H,4-10H2,1-3H3,(H,27,34)(H,28,38)(H,42,43)(H,44,45)(H2,26,29,30)(H2,39,40,41);10-12,17-19,23,36-37H,3-9H2,1-2H3,(H,26,32)(H,27,38)(H,33,34)(H,42,43)(H,44,45)(H2,25,28,29)(H2,39,40,41);4-6H,2-3H2,1H3;3-4H,1-2H2;2H,1H3/p-8. The van der Waals surface area contributed by atoms with Gasteiger partial charge in [0, 0.05) is 74.4 Å². The third-order valence-electron chi connectivity index (χ3n) is 15.0. The minimum atomic E-state index is -5.93. The van der Waals surface area contributed by atoms with E-state index in [9.17, 15) is 126 Å². The SMILES string of the molecule is C=CC=C.CC(C)(COP(=O)([O-])OP(=O)([O-])OCC1OC(n2cnc3c(N)ncnc32)C(O)C1OP(=O)([O-])[O-])C(O)C(=O)NCCC(=O)NCCSC(=O)CC(=O)O.CC(O)CC(=O)SCCNC(=O)CCNC(=O)C(O)C(C)(C)COP(=O)([O-])OP(=O)([O-])OCC1OC(n2cnc3c(N)ncnc32)C(O)C1OP(=O)([O-])[O-].CC(O)CCO.CC=O. The zero-order valence-corrected chi connectivity index (χ0v) is 72.1. The van der Waals surface area contributed by atoms with Crippen LogP contribution in [0.3, 0.4) is 0 Å². The van der Waals surface area contributed by atoms with Crippen molar-refractivity contribution in [2.24, 2.45) is 10.8 Å². The molecule has 16 N–H and O–H groups in total. The number of carboxylic acid groups (broad SMARTS) is 1. The number of aliphatic hydroxyl groups is 7. The van der Waals surface area contributed by atoms with Gasteiger partial charge in [-0.1, -0.05) is 76.5 Å². The number of rotatable bonds is 45. The molecule has 54 nitrogen and oxygen atoms in total. The van der Waals surface area contributed by atoms with Crippen LogP contribution < -0.4 is 71.9 Å². The first kappa shape index (κ1) is 111. The van der Waals surface area contributed by atoms with E-state index in [1.807, 2.05) is 0 Å². The molecule has 688 valence electrons. The highest BCUT2D eigenvalue weighted by Crippen LogP contribution is 2.58. The van der Waals surface area contributed by atoms with Crippen LogP contribution in [0.2, 0.25) is 0 Å². The van der Waals surface area contributed by atoms with Crippen LogP contribution in [0.25, 0.3) is 22.3 Å². The van der Waals surface area contributed by atoms with Gasteiger partial charge in [-0.3, -0.25) is 61.0 Å². The lowest BCUT2D eigenvalue weighted by Crippen LogP contribution is -2.46. The number of imidazole rings is 2. The fraction of sp³-hybridized carbons (Fsp3) is 0.627. The number of anilines is 2. The topological polar surface area (TPSA) is 865 Å². The van der Waals surface area contributed by atoms with Crippen molar-refractivity contribution in [1.29, 1.82) is 0 Å². The van der Waals surface area contributed by atoms with Crippen molar-refractivity contribution < 1.29 is 191 Å². The zero-order chi connectivity index (χ0) is 92.4. The second kappa shape index (κ2) is 51.3. The van der Waals surface area contributed by atoms with Gasteiger partial charge in [-0.25, -0.2) is 38.5 Å². The van der Waals surface area contributed by atoms with Crippen LogP contribution in [0, 0.1) is 10.8 Å². The number of ether oxygens (including phenoxy) is 2. The molecule has 4 aromatic rings. The van der Waals surface area contributed by atoms with Gasteiger partial charge in [-0.15, -0.1) is 0 Å². The maximum absolute atomic E-state index is 12.5. The maximum Gasteiger partial charge on any atom is 0.311 e. The number of carboxylic acids is 1. The summed E-state index contributed by atoms with van der Waals surface area (Å²) in [6.07, 6.45) is -12.8. The number of hydrogen-bond acceptors (Lipinski definition) is 49. The summed E-state index contributed by atoms with van der Waals surface area (Å²) in [5.74, 6) is -4.27. The number of nitrogens with one attached hydrogen (secondary N) is 4. The number of nitrogen functional groups attached to an aromatic ring is 2. The van der Waals surface area contributed by atoms with E-state index in [0.717, 1.165) is 66.3 Å². The Morgan fingerprint density at radius 2 is 0.942 bits per heavy atom. The van der Waals surface area contributed by atoms with Crippen LogP contribution in [0.1, 0.15) is 93.0 Å². The molecule has 121 heavy (non-hydrogen) atoms. The molecule has 0 bridgehead atoms. The Morgan fingerprint density at radius 3 is 1.26 bits per heavy atom. The van der Waals surface area contributed by atoms with E-state index in [2.05, 4.69) is 100 Å². The minimum absolute atomic E-state index is 0.0176. The van der Waals surface area contributed by atoms with Gasteiger partial charge in [-0.2, -0.15) is 0 Å². The second-order valence-electron chi connectivity index (χ2n) is 26.1. The quantitative estimate of drug-likeness (QED) is 0.00643. The van der Waals surface area contributed by atoms with Gasteiger partial charge in [-0.05, 0) is 27.2 Å². The molecular weight excluding hydrogens is 1790 g/mol. The molecule has 0 spiro atoms. The highest BCUT2D eigenvalue weighted by molar-refractivity contribution is 8.13. The zero-order valence-electron chi connectivity index (χ0n) is 65.1. The van der Waals surface area contributed by atoms with Crippen LogP contribution >= 0.6 is 70.5 Å². The first-order chi connectivity index (χ1) is 55.9. The van der Waals surface area contributed by atoms with Gasteiger partial charge in [0.15, 0.2) is 45.6 Å². The highest BCUT2D eigenvalue weighted by Gasteiger charge is 2.49. The van der Waals surface area contributed by atoms with Crippen molar-refractivity contribution in [3.63, 3.8) is 0 Å². The molecule has 2 fully saturated rings. The summed E-state index contributed by atoms with van der Waals surface area (Å²) in [5, 5.41) is 85.3. The molecule has 0 saturated carbocycles. The number of thioether (sulfide) groups is 2. The lowest BCUT2D eigenvalue weighted by molar-refractivity contribution is -0.348. The number of hydrogen-bond donors (Lipinski definition) is 14. The summed E-state index contributed by atoms with van der Waals surface area (Å²) in [6, 6.07) is 0. The number of carbonyl (C=O) groups excluding carboxylic acids is 7. The van der Waals surface area contributed by atoms with E-state index < -0.39 is 193 Å². The summed E-state index contributed by atoms with van der Waals surface area (Å²) < 4.78 is 121. The number of carbonyl (C=O) groups is 8. The number of aliphatic hydroxyl groups excluding tert-OH is 7. The molecular formula is C59H92N14O40P6S2-8. The van der Waals surface area contributed by atoms with E-state index in [1.165, 1.54) is 27.7 Å². The summed E-state index contributed by atoms with van der Waals surface area (Å²) in [4.78, 5) is 209. The predicted octanol–water partition coefficient (Wildman–Crippen LogP) is -7.17. The molecule has 0 aliphatic carbocycles. The van der Waals surface area contributed by atoms with Gasteiger partial charge in [0.25, 0.3) is 31.3 Å². The van der Waals surface area contributed by atoms with Crippen LogP contribution in [0.4, 0.5) is 11.6 Å². The minimum Gasteiger partial charge on any atom is -0.790 e. The Kier molecular flexibility index (Phi) is 46.9. The Labute approximate surface area is 696 Å². The van der Waals surface area contributed by atoms with Crippen LogP contribution in [-0.2, 0) is 111 Å². The summed E-state index contributed by atoms with van der Waals surface area (Å²) in [7, 11) is -35.2. The average Bonchev–Trinajstić information content (AvgIpc) is 1.62. The van der Waals surface area contributed by atoms with Crippen LogP contribution in [0.15, 0.2) is 50.6 Å². The number of aliphatic carboxylic acids is 1. The fourth-order valence-corrected chi connectivity index (χ4v) is 16.1. The van der Waals surface area contributed by atoms with Crippen LogP contribution in [0.5, 0.6) is 0 Å². The third-order valence-corrected chi connectivity index (χ3v) is 22.7. The van der Waals surface area contributed by atoms with E-state index in [0.29, 0.717) is 18.2 Å². The average molecular weight is 1890 g/mol. The van der Waals surface area contributed by atoms with Gasteiger partial charge in [0.1, 0.15) is 85.2 Å². The van der Waals surface area contributed by atoms with Gasteiger partial charge in [0.2, 0.25) is 23.6 Å². The normalized spacial score (nSPS) is 20.9. The number of phosphoric acid groups is 6. The Hall–Kier alpha value is -6.38. The third kappa shape index (κ3) is 41.1. The van der Waals surface area contributed by atoms with E-state index in [-0.39, 0.29) is 109 Å². The monoisotopic (exact) mass is 1890 g/mol. The molecule has 4 amide bonds. The Balaban J connectivity index is 0.000000715. The molecule has 2 aliphatic rings. The Morgan fingerprint density at radius 1 is 0.587 bits per heavy atom. The van der Waals surface area contributed by atoms with Crippen molar-refractivity contribution in [2.45, 2.75) is 154 Å². The van der Waals surface area contributed by atoms with E-state index in [1.54, 1.807) is 19.1 Å². The predicted molar refractivity (Wildman–Crippen MR) is 401 cm³/mol. The van der Waals surface area contributed by atoms with Crippen molar-refractivity contribution in [3.05, 3.63) is 50.6 Å². The molecule has 0 radical (unpaired) electrons. The van der Waals surface area contributed by atoms with E-state index >= 15 is 0 Å². The molecule has 6 heterocycles.